The highest BCUT2D eigenvalue weighted by atomic mass is 32.2. The number of hydrogen-bond donors (Lipinski definition) is 1. The van der Waals surface area contributed by atoms with E-state index in [0.717, 1.165) is 0 Å². The Labute approximate surface area is 112 Å². The van der Waals surface area contributed by atoms with Gasteiger partial charge in [-0.3, -0.25) is 0 Å². The molecule has 0 aliphatic carbocycles. The van der Waals surface area contributed by atoms with Crippen LogP contribution in [0.1, 0.15) is 18.5 Å². The molecule has 0 amide bonds. The summed E-state index contributed by atoms with van der Waals surface area (Å²) in [5.41, 5.74) is 0.527. The molecule has 0 aromatic heterocycles. The zero-order valence-corrected chi connectivity index (χ0v) is 12.0. The molecule has 1 aromatic carbocycles. The van der Waals surface area contributed by atoms with Crippen LogP contribution in [0.5, 0.6) is 5.75 Å². The molecule has 0 heterocycles. The topological polar surface area (TPSA) is 64.6 Å². The summed E-state index contributed by atoms with van der Waals surface area (Å²) in [6.45, 7) is 1.75. The minimum absolute atomic E-state index is 0.110. The Kier molecular flexibility index (Phi) is 5.71. The molecule has 1 aromatic rings. The first-order valence-corrected chi connectivity index (χ1v) is 7.37. The van der Waals surface area contributed by atoms with Gasteiger partial charge in [0.2, 0.25) is 10.0 Å². The van der Waals surface area contributed by atoms with E-state index >= 15 is 0 Å². The molecular formula is C12H18FNO4S. The van der Waals surface area contributed by atoms with Crippen LogP contribution in [0.25, 0.3) is 0 Å². The maximum atomic E-state index is 13.5. The van der Waals surface area contributed by atoms with E-state index in [1.807, 2.05) is 0 Å². The van der Waals surface area contributed by atoms with Gasteiger partial charge in [0.15, 0.2) is 11.6 Å². The molecule has 0 aliphatic heterocycles. The predicted octanol–water partition coefficient (Wildman–Crippen LogP) is 1.46. The molecule has 0 saturated heterocycles. The van der Waals surface area contributed by atoms with Crippen molar-refractivity contribution in [1.82, 2.24) is 4.72 Å². The van der Waals surface area contributed by atoms with Gasteiger partial charge >= 0.3 is 0 Å². The van der Waals surface area contributed by atoms with Gasteiger partial charge < -0.3 is 9.47 Å². The number of methoxy groups -OCH3 is 2. The third-order valence-electron chi connectivity index (χ3n) is 2.59. The second-order valence-electron chi connectivity index (χ2n) is 4.05. The lowest BCUT2D eigenvalue weighted by molar-refractivity contribution is 0.216. The van der Waals surface area contributed by atoms with E-state index in [-0.39, 0.29) is 18.1 Å². The molecule has 0 radical (unpaired) electrons. The van der Waals surface area contributed by atoms with E-state index in [9.17, 15) is 12.8 Å². The standard InChI is InChI=1S/C12H18FNO4S/c1-9(14-19(15,16)7-6-17-2)10-4-5-12(18-3)11(13)8-10/h4-5,8-9,14H,6-7H2,1-3H3/t9-/m1/s1. The lowest BCUT2D eigenvalue weighted by Gasteiger charge is -2.15. The van der Waals surface area contributed by atoms with Crippen molar-refractivity contribution in [2.45, 2.75) is 13.0 Å². The number of sulfonamides is 1. The van der Waals surface area contributed by atoms with Crippen molar-refractivity contribution in [3.05, 3.63) is 29.6 Å². The van der Waals surface area contributed by atoms with Crippen LogP contribution in [0.15, 0.2) is 18.2 Å². The fourth-order valence-electron chi connectivity index (χ4n) is 1.54. The molecule has 0 saturated carbocycles. The fraction of sp³-hybridized carbons (Fsp3) is 0.500. The van der Waals surface area contributed by atoms with Crippen molar-refractivity contribution in [1.29, 1.82) is 0 Å². The first kappa shape index (κ1) is 15.9. The third-order valence-corrected chi connectivity index (χ3v) is 4.01. The molecule has 0 unspecified atom stereocenters. The Morgan fingerprint density at radius 1 is 1.37 bits per heavy atom. The van der Waals surface area contributed by atoms with E-state index in [0.29, 0.717) is 5.56 Å². The number of hydrogen-bond acceptors (Lipinski definition) is 4. The van der Waals surface area contributed by atoms with E-state index in [1.165, 1.54) is 26.4 Å². The smallest absolute Gasteiger partial charge is 0.214 e. The average Bonchev–Trinajstić information content (AvgIpc) is 2.35. The molecule has 5 nitrogen and oxygen atoms in total. The fourth-order valence-corrected chi connectivity index (χ4v) is 2.72. The first-order valence-electron chi connectivity index (χ1n) is 5.72. The Hall–Kier alpha value is -1.18. The molecule has 0 spiro atoms. The van der Waals surface area contributed by atoms with Crippen molar-refractivity contribution in [3.8, 4) is 5.75 Å². The van der Waals surface area contributed by atoms with Crippen LogP contribution in [0.3, 0.4) is 0 Å². The number of rotatable bonds is 7. The van der Waals surface area contributed by atoms with Crippen molar-refractivity contribution < 1.29 is 22.3 Å². The Morgan fingerprint density at radius 3 is 2.58 bits per heavy atom. The van der Waals surface area contributed by atoms with Gasteiger partial charge in [-0.2, -0.15) is 0 Å². The lowest BCUT2D eigenvalue weighted by atomic mass is 10.1. The zero-order valence-electron chi connectivity index (χ0n) is 11.1. The molecular weight excluding hydrogens is 273 g/mol. The largest absolute Gasteiger partial charge is 0.494 e. The van der Waals surface area contributed by atoms with Crippen LogP contribution < -0.4 is 9.46 Å². The monoisotopic (exact) mass is 291 g/mol. The Bertz CT molecular complexity index is 518. The van der Waals surface area contributed by atoms with Crippen LogP contribution in [-0.4, -0.2) is 35.0 Å². The van der Waals surface area contributed by atoms with Crippen LogP contribution in [-0.2, 0) is 14.8 Å². The van der Waals surface area contributed by atoms with Gasteiger partial charge in [0.1, 0.15) is 0 Å². The van der Waals surface area contributed by atoms with Gasteiger partial charge in [-0.1, -0.05) is 6.07 Å². The normalized spacial score (nSPS) is 13.3. The molecule has 0 fully saturated rings. The predicted molar refractivity (Wildman–Crippen MR) is 70.2 cm³/mol. The van der Waals surface area contributed by atoms with Crippen LogP contribution in [0.2, 0.25) is 0 Å². The van der Waals surface area contributed by atoms with Crippen LogP contribution in [0.4, 0.5) is 4.39 Å². The van der Waals surface area contributed by atoms with E-state index in [2.05, 4.69) is 4.72 Å². The quantitative estimate of drug-likeness (QED) is 0.826. The molecule has 19 heavy (non-hydrogen) atoms. The van der Waals surface area contributed by atoms with Crippen molar-refractivity contribution in [2.24, 2.45) is 0 Å². The minimum Gasteiger partial charge on any atom is -0.494 e. The molecule has 1 atom stereocenters. The summed E-state index contributed by atoms with van der Waals surface area (Å²) in [5.74, 6) is -0.534. The maximum Gasteiger partial charge on any atom is 0.214 e. The zero-order chi connectivity index (χ0) is 14.5. The first-order chi connectivity index (χ1) is 8.89. The van der Waals surface area contributed by atoms with Crippen LogP contribution in [0, 0.1) is 5.82 Å². The third kappa shape index (κ3) is 4.77. The molecule has 1 N–H and O–H groups in total. The highest BCUT2D eigenvalue weighted by Crippen LogP contribution is 2.22. The second-order valence-corrected chi connectivity index (χ2v) is 5.92. The SMILES string of the molecule is COCCS(=O)(=O)N[C@H](C)c1ccc(OC)c(F)c1. The second kappa shape index (κ2) is 6.83. The van der Waals surface area contributed by atoms with E-state index in [4.69, 9.17) is 9.47 Å². The average molecular weight is 291 g/mol. The van der Waals surface area contributed by atoms with E-state index in [1.54, 1.807) is 13.0 Å². The van der Waals surface area contributed by atoms with Crippen LogP contribution >= 0.6 is 0 Å². The maximum absolute atomic E-state index is 13.5. The molecule has 1 rings (SSSR count). The van der Waals surface area contributed by atoms with E-state index < -0.39 is 21.9 Å². The van der Waals surface area contributed by atoms with Gasteiger partial charge in [-0.25, -0.2) is 17.5 Å². The van der Waals surface area contributed by atoms with Gasteiger partial charge in [-0.15, -0.1) is 0 Å². The number of ether oxygens (including phenoxy) is 2. The number of halogens is 1. The Balaban J connectivity index is 2.78. The highest BCUT2D eigenvalue weighted by Gasteiger charge is 2.16. The Morgan fingerprint density at radius 2 is 2.05 bits per heavy atom. The summed E-state index contributed by atoms with van der Waals surface area (Å²) in [4.78, 5) is 0. The molecule has 0 aliphatic rings. The number of nitrogens with one attached hydrogen (secondary N) is 1. The summed E-state index contributed by atoms with van der Waals surface area (Å²) < 4.78 is 48.8. The lowest BCUT2D eigenvalue weighted by Crippen LogP contribution is -2.30. The van der Waals surface area contributed by atoms with Crippen molar-refractivity contribution in [2.75, 3.05) is 26.6 Å². The minimum atomic E-state index is -3.45. The van der Waals surface area contributed by atoms with Gasteiger partial charge in [0, 0.05) is 13.2 Å². The summed E-state index contributed by atoms with van der Waals surface area (Å²) in [6, 6.07) is 3.81. The molecule has 0 bridgehead atoms. The number of benzene rings is 1. The van der Waals surface area contributed by atoms with Crippen molar-refractivity contribution in [3.63, 3.8) is 0 Å². The summed E-state index contributed by atoms with van der Waals surface area (Å²) in [7, 11) is -0.650. The van der Waals surface area contributed by atoms with Gasteiger partial charge in [-0.05, 0) is 24.6 Å². The molecule has 108 valence electrons. The summed E-state index contributed by atoms with van der Waals surface area (Å²) >= 11 is 0. The summed E-state index contributed by atoms with van der Waals surface area (Å²) in [5, 5.41) is 0. The van der Waals surface area contributed by atoms with Gasteiger partial charge in [0.25, 0.3) is 0 Å². The highest BCUT2D eigenvalue weighted by molar-refractivity contribution is 7.89. The van der Waals surface area contributed by atoms with Crippen molar-refractivity contribution >= 4 is 10.0 Å². The molecule has 7 heteroatoms. The van der Waals surface area contributed by atoms with Gasteiger partial charge in [0.05, 0.1) is 19.5 Å². The summed E-state index contributed by atoms with van der Waals surface area (Å²) in [6.07, 6.45) is 0.